The van der Waals surface area contributed by atoms with Crippen LogP contribution in [0.4, 0.5) is 5.69 Å². The topological polar surface area (TPSA) is 20.6 Å². The normalized spacial score (nSPS) is 16.8. The highest BCUT2D eigenvalue weighted by atomic mass is 35.5. The molecule has 1 aliphatic heterocycles. The predicted molar refractivity (Wildman–Crippen MR) is 85.2 cm³/mol. The van der Waals surface area contributed by atoms with Gasteiger partial charge in [0.15, 0.2) is 0 Å². The summed E-state index contributed by atoms with van der Waals surface area (Å²) < 4.78 is 0. The molecule has 3 nitrogen and oxygen atoms in total. The Bertz CT molecular complexity index is 595. The first-order chi connectivity index (χ1) is 9.78. The lowest BCUT2D eigenvalue weighted by atomic mass is 10.1. The highest BCUT2D eigenvalue weighted by Gasteiger charge is 2.20. The Kier molecular flexibility index (Phi) is 4.29. The van der Waals surface area contributed by atoms with Crippen LogP contribution in [0.2, 0.25) is 5.02 Å². The van der Waals surface area contributed by atoms with Gasteiger partial charge in [0, 0.05) is 22.3 Å². The van der Waals surface area contributed by atoms with Crippen molar-refractivity contribution in [2.24, 2.45) is 0 Å². The molecule has 3 rings (SSSR count). The predicted octanol–water partition coefficient (Wildman–Crippen LogP) is 1.83. The third-order valence-corrected chi connectivity index (χ3v) is 4.37. The average molecular weight is 311 g/mol. The fraction of sp³-hybridized carbons (Fsp3) is 0.400. The fourth-order valence-electron chi connectivity index (χ4n) is 2.83. The fourth-order valence-corrected chi connectivity index (χ4v) is 3.26. The summed E-state index contributed by atoms with van der Waals surface area (Å²) in [6, 6.07) is 8.03. The van der Waals surface area contributed by atoms with Crippen LogP contribution in [-0.2, 0) is 0 Å². The van der Waals surface area contributed by atoms with Crippen molar-refractivity contribution in [3.63, 3.8) is 0 Å². The number of halogens is 2. The molecule has 2 aromatic rings. The molecule has 1 aromatic carbocycles. The zero-order valence-corrected chi connectivity index (χ0v) is 12.8. The number of alkyl halides is 1. The maximum Gasteiger partial charge on any atom is 0.0949 e. The molecule has 0 amide bonds. The number of quaternary nitrogens is 1. The Morgan fingerprint density at radius 1 is 1.20 bits per heavy atom. The first kappa shape index (κ1) is 13.9. The Balaban J connectivity index is 1.84. The number of aromatic nitrogens is 1. The van der Waals surface area contributed by atoms with E-state index in [9.17, 15) is 0 Å². The van der Waals surface area contributed by atoms with Crippen molar-refractivity contribution >= 4 is 39.8 Å². The lowest BCUT2D eigenvalue weighted by molar-refractivity contribution is -0.898. The molecule has 0 unspecified atom stereocenters. The first-order valence-corrected chi connectivity index (χ1v) is 7.88. The summed E-state index contributed by atoms with van der Waals surface area (Å²) in [6.45, 7) is 5.47. The molecule has 106 valence electrons. The van der Waals surface area contributed by atoms with Gasteiger partial charge >= 0.3 is 0 Å². The summed E-state index contributed by atoms with van der Waals surface area (Å²) in [5.41, 5.74) is 2.22. The Hall–Kier alpha value is -1.03. The van der Waals surface area contributed by atoms with E-state index in [1.54, 1.807) is 4.90 Å². The molecule has 1 saturated heterocycles. The second-order valence-electron chi connectivity index (χ2n) is 5.17. The van der Waals surface area contributed by atoms with Crippen molar-refractivity contribution < 1.29 is 4.90 Å². The van der Waals surface area contributed by atoms with Crippen LogP contribution in [0.5, 0.6) is 0 Å². The third kappa shape index (κ3) is 2.85. The van der Waals surface area contributed by atoms with Gasteiger partial charge in [0.2, 0.25) is 0 Å². The number of pyridine rings is 1. The largest absolute Gasteiger partial charge is 0.360 e. The minimum absolute atomic E-state index is 0.735. The van der Waals surface area contributed by atoms with Crippen molar-refractivity contribution in [3.05, 3.63) is 35.5 Å². The van der Waals surface area contributed by atoms with E-state index >= 15 is 0 Å². The summed E-state index contributed by atoms with van der Waals surface area (Å²) in [5, 5.41) is 1.91. The van der Waals surface area contributed by atoms with E-state index < -0.39 is 0 Å². The number of rotatable bonds is 3. The number of hydrogen-bond donors (Lipinski definition) is 1. The number of benzene rings is 1. The van der Waals surface area contributed by atoms with E-state index in [1.165, 1.54) is 11.1 Å². The number of fused-ring (bicyclic) bond motifs is 1. The van der Waals surface area contributed by atoms with Crippen LogP contribution in [0.25, 0.3) is 10.9 Å². The second-order valence-corrected chi connectivity index (χ2v) is 5.98. The zero-order valence-electron chi connectivity index (χ0n) is 11.3. The van der Waals surface area contributed by atoms with Gasteiger partial charge in [-0.05, 0) is 24.3 Å². The highest BCUT2D eigenvalue weighted by molar-refractivity contribution is 6.31. The smallest absolute Gasteiger partial charge is 0.0949 e. The maximum atomic E-state index is 6.04. The lowest BCUT2D eigenvalue weighted by Gasteiger charge is -2.33. The van der Waals surface area contributed by atoms with Gasteiger partial charge < -0.3 is 9.80 Å². The van der Waals surface area contributed by atoms with Crippen molar-refractivity contribution in [1.29, 1.82) is 0 Å². The second kappa shape index (κ2) is 6.17. The summed E-state index contributed by atoms with van der Waals surface area (Å²) in [5.74, 6) is 0.742. The quantitative estimate of drug-likeness (QED) is 0.873. The molecule has 2 heterocycles. The Morgan fingerprint density at radius 2 is 2.00 bits per heavy atom. The van der Waals surface area contributed by atoms with Crippen LogP contribution in [0.3, 0.4) is 0 Å². The van der Waals surface area contributed by atoms with Crippen LogP contribution < -0.4 is 9.80 Å². The van der Waals surface area contributed by atoms with Crippen molar-refractivity contribution in [3.8, 4) is 0 Å². The SMILES string of the molecule is ClCC[NH+]1CCN(c2ccnc3cc(Cl)ccc23)CC1. The molecule has 1 fully saturated rings. The Morgan fingerprint density at radius 3 is 2.75 bits per heavy atom. The molecule has 0 spiro atoms. The summed E-state index contributed by atoms with van der Waals surface area (Å²) >= 11 is 11.9. The third-order valence-electron chi connectivity index (χ3n) is 3.94. The molecular weight excluding hydrogens is 293 g/mol. The maximum absolute atomic E-state index is 6.04. The molecule has 1 aliphatic rings. The molecule has 0 aliphatic carbocycles. The van der Waals surface area contributed by atoms with Crippen molar-refractivity contribution in [1.82, 2.24) is 4.98 Å². The number of nitrogens with zero attached hydrogens (tertiary/aromatic N) is 2. The van der Waals surface area contributed by atoms with E-state index in [0.29, 0.717) is 0 Å². The summed E-state index contributed by atoms with van der Waals surface area (Å²) in [6.07, 6.45) is 1.87. The van der Waals surface area contributed by atoms with Gasteiger partial charge in [-0.25, -0.2) is 0 Å². The van der Waals surface area contributed by atoms with Gasteiger partial charge in [-0.2, -0.15) is 0 Å². The lowest BCUT2D eigenvalue weighted by Crippen LogP contribution is -3.15. The van der Waals surface area contributed by atoms with Gasteiger partial charge in [-0.1, -0.05) is 11.6 Å². The van der Waals surface area contributed by atoms with Crippen LogP contribution in [0.1, 0.15) is 0 Å². The number of piperazine rings is 1. The van der Waals surface area contributed by atoms with Gasteiger partial charge in [0.25, 0.3) is 0 Å². The van der Waals surface area contributed by atoms with Gasteiger partial charge in [0.1, 0.15) is 0 Å². The number of anilines is 1. The molecule has 0 radical (unpaired) electrons. The molecule has 1 aromatic heterocycles. The molecular formula is C15H18Cl2N3+. The average Bonchev–Trinajstić information content (AvgIpc) is 2.47. The monoisotopic (exact) mass is 310 g/mol. The van der Waals surface area contributed by atoms with Crippen LogP contribution in [0.15, 0.2) is 30.5 Å². The van der Waals surface area contributed by atoms with E-state index in [0.717, 1.165) is 49.1 Å². The van der Waals surface area contributed by atoms with E-state index in [-0.39, 0.29) is 0 Å². The van der Waals surface area contributed by atoms with Gasteiger partial charge in [-0.3, -0.25) is 4.98 Å². The molecule has 1 N–H and O–H groups in total. The summed E-state index contributed by atoms with van der Waals surface area (Å²) in [7, 11) is 0. The standard InChI is InChI=1S/C15H17Cl2N3/c16-4-6-19-7-9-20(10-8-19)15-3-5-18-14-11-12(17)1-2-13(14)15/h1-3,5,11H,4,6-10H2/p+1. The number of nitrogens with one attached hydrogen (secondary N) is 1. The molecule has 0 atom stereocenters. The number of hydrogen-bond acceptors (Lipinski definition) is 2. The molecule has 0 bridgehead atoms. The van der Waals surface area contributed by atoms with Crippen LogP contribution >= 0.6 is 23.2 Å². The van der Waals surface area contributed by atoms with Gasteiger partial charge in [0.05, 0.1) is 44.1 Å². The van der Waals surface area contributed by atoms with Crippen LogP contribution in [-0.4, -0.2) is 43.6 Å². The first-order valence-electron chi connectivity index (χ1n) is 6.96. The van der Waals surface area contributed by atoms with Crippen molar-refractivity contribution in [2.75, 3.05) is 43.5 Å². The minimum Gasteiger partial charge on any atom is -0.360 e. The summed E-state index contributed by atoms with van der Waals surface area (Å²) in [4.78, 5) is 8.44. The molecule has 20 heavy (non-hydrogen) atoms. The highest BCUT2D eigenvalue weighted by Crippen LogP contribution is 2.27. The molecule has 0 saturated carbocycles. The minimum atomic E-state index is 0.735. The zero-order chi connectivity index (χ0) is 13.9. The van der Waals surface area contributed by atoms with E-state index in [4.69, 9.17) is 23.2 Å². The van der Waals surface area contributed by atoms with E-state index in [2.05, 4.69) is 22.0 Å². The van der Waals surface area contributed by atoms with Crippen LogP contribution in [0, 0.1) is 0 Å². The van der Waals surface area contributed by atoms with Gasteiger partial charge in [-0.15, -0.1) is 11.6 Å². The molecule has 5 heteroatoms. The van der Waals surface area contributed by atoms with Crippen molar-refractivity contribution in [2.45, 2.75) is 0 Å². The van der Waals surface area contributed by atoms with E-state index in [1.807, 2.05) is 18.3 Å². The Labute approximate surface area is 129 Å².